The molecule has 1 heterocycles. The smallest absolute Gasteiger partial charge is 0.281 e. The standard InChI is InChI=1S/C15H23N3O3S/c1-16(2)22(20,21)18-11-7-8-13(12-18)15(19)17(3)14-9-5-4-6-10-14/h4-6,9-10,13H,7-8,11-12H2,1-3H3/t13-/m1/s1. The summed E-state index contributed by atoms with van der Waals surface area (Å²) in [4.78, 5) is 14.2. The van der Waals surface area contributed by atoms with Crippen LogP contribution in [0.1, 0.15) is 12.8 Å². The molecule has 0 N–H and O–H groups in total. The van der Waals surface area contributed by atoms with Crippen molar-refractivity contribution in [2.24, 2.45) is 5.92 Å². The van der Waals surface area contributed by atoms with Crippen LogP contribution < -0.4 is 4.90 Å². The minimum atomic E-state index is -3.46. The summed E-state index contributed by atoms with van der Waals surface area (Å²) in [5.41, 5.74) is 0.820. The highest BCUT2D eigenvalue weighted by molar-refractivity contribution is 7.86. The first-order valence-electron chi connectivity index (χ1n) is 7.34. The molecule has 0 radical (unpaired) electrons. The van der Waals surface area contributed by atoms with E-state index in [1.807, 2.05) is 30.3 Å². The Balaban J connectivity index is 2.11. The van der Waals surface area contributed by atoms with Gasteiger partial charge in [-0.05, 0) is 25.0 Å². The summed E-state index contributed by atoms with van der Waals surface area (Å²) >= 11 is 0. The molecule has 1 fully saturated rings. The molecule has 1 aliphatic heterocycles. The third-order valence-electron chi connectivity index (χ3n) is 4.00. The van der Waals surface area contributed by atoms with Crippen LogP contribution in [-0.2, 0) is 15.0 Å². The molecule has 1 saturated heterocycles. The Hall–Kier alpha value is -1.44. The minimum absolute atomic E-state index is 0.0372. The average molecular weight is 325 g/mol. The first-order chi connectivity index (χ1) is 10.3. The molecule has 1 amide bonds. The average Bonchev–Trinajstić information content (AvgIpc) is 2.54. The number of carbonyl (C=O) groups is 1. The van der Waals surface area contributed by atoms with Gasteiger partial charge >= 0.3 is 0 Å². The highest BCUT2D eigenvalue weighted by Crippen LogP contribution is 2.23. The first-order valence-corrected chi connectivity index (χ1v) is 8.74. The van der Waals surface area contributed by atoms with Gasteiger partial charge in [-0.3, -0.25) is 4.79 Å². The lowest BCUT2D eigenvalue weighted by molar-refractivity contribution is -0.123. The van der Waals surface area contributed by atoms with E-state index in [1.54, 1.807) is 11.9 Å². The molecular weight excluding hydrogens is 302 g/mol. The summed E-state index contributed by atoms with van der Waals surface area (Å²) in [6.45, 7) is 0.718. The summed E-state index contributed by atoms with van der Waals surface area (Å²) in [5.74, 6) is -0.335. The number of para-hydroxylation sites is 1. The quantitative estimate of drug-likeness (QED) is 0.835. The van der Waals surface area contributed by atoms with Crippen LogP contribution in [0.25, 0.3) is 0 Å². The van der Waals surface area contributed by atoms with Gasteiger partial charge in [0.05, 0.1) is 5.92 Å². The Morgan fingerprint density at radius 2 is 1.82 bits per heavy atom. The monoisotopic (exact) mass is 325 g/mol. The number of piperidine rings is 1. The van der Waals surface area contributed by atoms with Crippen LogP contribution >= 0.6 is 0 Å². The van der Waals surface area contributed by atoms with E-state index in [1.165, 1.54) is 22.7 Å². The van der Waals surface area contributed by atoms with Crippen LogP contribution in [0.4, 0.5) is 5.69 Å². The molecule has 1 aromatic carbocycles. The molecule has 0 aromatic heterocycles. The van der Waals surface area contributed by atoms with E-state index < -0.39 is 10.2 Å². The van der Waals surface area contributed by atoms with Crippen LogP contribution in [0.5, 0.6) is 0 Å². The number of amides is 1. The topological polar surface area (TPSA) is 60.9 Å². The summed E-state index contributed by atoms with van der Waals surface area (Å²) in [6, 6.07) is 9.39. The maximum absolute atomic E-state index is 12.6. The van der Waals surface area contributed by atoms with E-state index in [0.717, 1.165) is 12.1 Å². The third kappa shape index (κ3) is 3.48. The van der Waals surface area contributed by atoms with Crippen LogP contribution in [0.2, 0.25) is 0 Å². The zero-order valence-corrected chi connectivity index (χ0v) is 14.1. The molecule has 7 heteroatoms. The molecule has 22 heavy (non-hydrogen) atoms. The third-order valence-corrected chi connectivity index (χ3v) is 5.90. The van der Waals surface area contributed by atoms with Crippen molar-refractivity contribution in [1.29, 1.82) is 0 Å². The molecular formula is C15H23N3O3S. The van der Waals surface area contributed by atoms with Crippen LogP contribution in [-0.4, -0.2) is 57.2 Å². The van der Waals surface area contributed by atoms with Crippen molar-refractivity contribution >= 4 is 21.8 Å². The SMILES string of the molecule is CN(C(=O)[C@@H]1CCCN(S(=O)(=O)N(C)C)C1)c1ccccc1. The molecule has 0 unspecified atom stereocenters. The zero-order chi connectivity index (χ0) is 16.3. The Bertz CT molecular complexity index is 616. The van der Waals surface area contributed by atoms with Gasteiger partial charge in [-0.2, -0.15) is 17.0 Å². The number of anilines is 1. The van der Waals surface area contributed by atoms with E-state index in [9.17, 15) is 13.2 Å². The van der Waals surface area contributed by atoms with Crippen LogP contribution in [0, 0.1) is 5.92 Å². The number of nitrogens with zero attached hydrogens (tertiary/aromatic N) is 3. The molecule has 2 rings (SSSR count). The van der Waals surface area contributed by atoms with Crippen molar-refractivity contribution in [1.82, 2.24) is 8.61 Å². The van der Waals surface area contributed by atoms with E-state index in [0.29, 0.717) is 13.0 Å². The fraction of sp³-hybridized carbons (Fsp3) is 0.533. The lowest BCUT2D eigenvalue weighted by Gasteiger charge is -2.34. The fourth-order valence-electron chi connectivity index (χ4n) is 2.64. The molecule has 122 valence electrons. The predicted molar refractivity (Wildman–Crippen MR) is 86.8 cm³/mol. The van der Waals surface area contributed by atoms with Gasteiger partial charge in [0.25, 0.3) is 10.2 Å². The van der Waals surface area contributed by atoms with E-state index >= 15 is 0 Å². The van der Waals surface area contributed by atoms with Gasteiger partial charge < -0.3 is 4.90 Å². The van der Waals surface area contributed by atoms with E-state index in [4.69, 9.17) is 0 Å². The predicted octanol–water partition coefficient (Wildman–Crippen LogP) is 1.17. The summed E-state index contributed by atoms with van der Waals surface area (Å²) in [7, 11) is 1.29. The molecule has 1 atom stereocenters. The largest absolute Gasteiger partial charge is 0.315 e. The van der Waals surface area contributed by atoms with E-state index in [2.05, 4.69) is 0 Å². The Labute approximate surface area is 132 Å². The van der Waals surface area contributed by atoms with Gasteiger partial charge in [-0.25, -0.2) is 0 Å². The van der Waals surface area contributed by atoms with Gasteiger partial charge in [0, 0.05) is 39.9 Å². The normalized spacial score (nSPS) is 20.1. The minimum Gasteiger partial charge on any atom is -0.315 e. The highest BCUT2D eigenvalue weighted by atomic mass is 32.2. The molecule has 0 bridgehead atoms. The fourth-order valence-corrected chi connectivity index (χ4v) is 3.83. The second-order valence-corrected chi connectivity index (χ2v) is 7.86. The van der Waals surface area contributed by atoms with E-state index in [-0.39, 0.29) is 18.4 Å². The van der Waals surface area contributed by atoms with Gasteiger partial charge in [0.15, 0.2) is 0 Å². The van der Waals surface area contributed by atoms with Crippen molar-refractivity contribution in [3.63, 3.8) is 0 Å². The second kappa shape index (κ2) is 6.76. The van der Waals surface area contributed by atoms with Crippen molar-refractivity contribution < 1.29 is 13.2 Å². The number of hydrogen-bond acceptors (Lipinski definition) is 3. The Morgan fingerprint density at radius 3 is 2.41 bits per heavy atom. The summed E-state index contributed by atoms with van der Waals surface area (Å²) in [5, 5.41) is 0. The zero-order valence-electron chi connectivity index (χ0n) is 13.3. The Morgan fingerprint density at radius 1 is 1.18 bits per heavy atom. The lowest BCUT2D eigenvalue weighted by Crippen LogP contribution is -2.49. The Kier molecular flexibility index (Phi) is 5.20. The number of benzene rings is 1. The summed E-state index contributed by atoms with van der Waals surface area (Å²) in [6.07, 6.45) is 1.42. The van der Waals surface area contributed by atoms with Crippen LogP contribution in [0.3, 0.4) is 0 Å². The van der Waals surface area contributed by atoms with Gasteiger partial charge in [-0.1, -0.05) is 18.2 Å². The molecule has 0 aliphatic carbocycles. The first kappa shape index (κ1) is 16.9. The maximum Gasteiger partial charge on any atom is 0.281 e. The lowest BCUT2D eigenvalue weighted by atomic mass is 9.98. The number of rotatable bonds is 4. The van der Waals surface area contributed by atoms with Crippen molar-refractivity contribution in [2.75, 3.05) is 39.1 Å². The molecule has 0 spiro atoms. The van der Waals surface area contributed by atoms with Crippen molar-refractivity contribution in [3.05, 3.63) is 30.3 Å². The van der Waals surface area contributed by atoms with Crippen molar-refractivity contribution in [3.8, 4) is 0 Å². The number of hydrogen-bond donors (Lipinski definition) is 0. The van der Waals surface area contributed by atoms with Crippen LogP contribution in [0.15, 0.2) is 30.3 Å². The van der Waals surface area contributed by atoms with Gasteiger partial charge in [0.2, 0.25) is 5.91 Å². The molecule has 6 nitrogen and oxygen atoms in total. The second-order valence-electron chi connectivity index (χ2n) is 5.72. The maximum atomic E-state index is 12.6. The van der Waals surface area contributed by atoms with Gasteiger partial charge in [-0.15, -0.1) is 0 Å². The molecule has 1 aliphatic rings. The molecule has 0 saturated carbocycles. The summed E-state index contributed by atoms with van der Waals surface area (Å²) < 4.78 is 27.0. The van der Waals surface area contributed by atoms with Crippen molar-refractivity contribution in [2.45, 2.75) is 12.8 Å². The highest BCUT2D eigenvalue weighted by Gasteiger charge is 2.34. The number of carbonyl (C=O) groups excluding carboxylic acids is 1. The molecule has 1 aromatic rings. The van der Waals surface area contributed by atoms with Gasteiger partial charge in [0.1, 0.15) is 0 Å².